The molecule has 7 nitrogen and oxygen atoms in total. The Morgan fingerprint density at radius 2 is 1.75 bits per heavy atom. The molecule has 0 unspecified atom stereocenters. The van der Waals surface area contributed by atoms with E-state index in [-0.39, 0.29) is 43.3 Å². The number of carbonyl (C=O) groups excluding carboxylic acids is 2. The number of methoxy groups -OCH3 is 1. The van der Waals surface area contributed by atoms with Gasteiger partial charge in [-0.15, -0.1) is 10.2 Å². The smallest absolute Gasteiger partial charge is 0.435 e. The van der Waals surface area contributed by atoms with E-state index in [4.69, 9.17) is 4.74 Å². The fourth-order valence-corrected chi connectivity index (χ4v) is 5.20. The Morgan fingerprint density at radius 3 is 2.34 bits per heavy atom. The molecule has 32 heavy (non-hydrogen) atoms. The molecular weight excluding hydrogens is 439 g/mol. The van der Waals surface area contributed by atoms with Crippen LogP contribution in [0.15, 0.2) is 0 Å². The summed E-state index contributed by atoms with van der Waals surface area (Å²) in [7, 11) is 1.27. The first-order valence-electron chi connectivity index (χ1n) is 10.3. The summed E-state index contributed by atoms with van der Waals surface area (Å²) in [5.41, 5.74) is -3.37. The Morgan fingerprint density at radius 1 is 1.09 bits per heavy atom. The third-order valence-corrected chi connectivity index (χ3v) is 6.74. The van der Waals surface area contributed by atoms with Crippen LogP contribution in [0.3, 0.4) is 0 Å². The number of aromatic nitrogens is 2. The van der Waals surface area contributed by atoms with Crippen molar-refractivity contribution in [2.45, 2.75) is 63.1 Å². The van der Waals surface area contributed by atoms with Gasteiger partial charge in [0.1, 0.15) is 0 Å². The summed E-state index contributed by atoms with van der Waals surface area (Å²) >= 11 is 0. The van der Waals surface area contributed by atoms with Gasteiger partial charge in [-0.25, -0.2) is 8.78 Å². The average Bonchev–Trinajstić information content (AvgIpc) is 2.81. The largest absolute Gasteiger partial charge is 0.469 e. The maximum Gasteiger partial charge on any atom is 0.435 e. The highest BCUT2D eigenvalue weighted by Gasteiger charge is 2.73. The summed E-state index contributed by atoms with van der Waals surface area (Å²) in [5.74, 6) is -4.19. The van der Waals surface area contributed by atoms with E-state index in [1.165, 1.54) is 12.0 Å². The lowest BCUT2D eigenvalue weighted by Crippen LogP contribution is -2.77. The molecule has 0 aromatic carbocycles. The highest BCUT2D eigenvalue weighted by molar-refractivity contribution is 6.01. The predicted molar refractivity (Wildman–Crippen MR) is 101 cm³/mol. The van der Waals surface area contributed by atoms with Gasteiger partial charge in [0.25, 0.3) is 5.91 Å². The molecule has 2 bridgehead atoms. The lowest BCUT2D eigenvalue weighted by Gasteiger charge is -2.68. The van der Waals surface area contributed by atoms with E-state index in [0.29, 0.717) is 19.3 Å². The molecule has 0 atom stereocenters. The molecule has 1 saturated heterocycles. The van der Waals surface area contributed by atoms with Crippen molar-refractivity contribution in [3.05, 3.63) is 16.8 Å². The number of nitrogens with one attached hydrogen (secondary N) is 1. The average molecular weight is 462 g/mol. The fourth-order valence-electron chi connectivity index (χ4n) is 5.20. The highest BCUT2D eigenvalue weighted by atomic mass is 19.4. The van der Waals surface area contributed by atoms with Crippen LogP contribution in [0.2, 0.25) is 0 Å². The van der Waals surface area contributed by atoms with Crippen molar-refractivity contribution in [2.75, 3.05) is 25.1 Å². The zero-order chi connectivity index (χ0) is 23.5. The zero-order valence-corrected chi connectivity index (χ0v) is 17.6. The van der Waals surface area contributed by atoms with Crippen molar-refractivity contribution < 1.29 is 36.3 Å². The van der Waals surface area contributed by atoms with E-state index in [1.54, 1.807) is 0 Å². The Bertz CT molecular complexity index is 946. The second kappa shape index (κ2) is 7.24. The number of alkyl halides is 5. The van der Waals surface area contributed by atoms with Gasteiger partial charge in [-0.05, 0) is 38.2 Å². The highest BCUT2D eigenvalue weighted by Crippen LogP contribution is 2.67. The van der Waals surface area contributed by atoms with Crippen molar-refractivity contribution in [2.24, 2.45) is 5.41 Å². The number of hydrogen-bond acceptors (Lipinski definition) is 6. The van der Waals surface area contributed by atoms with E-state index < -0.39 is 46.6 Å². The second-order valence-electron chi connectivity index (χ2n) is 9.10. The van der Waals surface area contributed by atoms with Crippen LogP contribution in [0.4, 0.5) is 27.8 Å². The molecule has 4 aliphatic rings. The molecule has 3 saturated carbocycles. The first-order valence-corrected chi connectivity index (χ1v) is 10.3. The van der Waals surface area contributed by atoms with E-state index >= 15 is 0 Å². The molecule has 176 valence electrons. The third kappa shape index (κ3) is 3.66. The second-order valence-corrected chi connectivity index (χ2v) is 9.10. The van der Waals surface area contributed by atoms with Gasteiger partial charge in [-0.1, -0.05) is 0 Å². The van der Waals surface area contributed by atoms with Crippen LogP contribution >= 0.6 is 0 Å². The van der Waals surface area contributed by atoms with Crippen molar-refractivity contribution in [1.29, 1.82) is 0 Å². The maximum atomic E-state index is 13.8. The monoisotopic (exact) mass is 462 g/mol. The standard InChI is InChI=1S/C20H23F5N4O3/c1-11-12(15(30)26-18-8-17(9-18,10-18)16(31)32-2)14(28-27-13(11)20(23,24)25)29-6-3-4-19(21,22)5-7-29/h3-10H2,1-2H3,(H,26,30). The molecular formula is C20H23F5N4O3. The number of carbonyl (C=O) groups is 2. The number of anilines is 1. The molecule has 5 rings (SSSR count). The molecule has 0 radical (unpaired) electrons. The molecule has 1 amide bonds. The lowest BCUT2D eigenvalue weighted by molar-refractivity contribution is -0.199. The van der Waals surface area contributed by atoms with Crippen LogP contribution in [0.1, 0.15) is 60.1 Å². The third-order valence-electron chi connectivity index (χ3n) is 6.74. The van der Waals surface area contributed by atoms with E-state index in [0.717, 1.165) is 6.92 Å². The van der Waals surface area contributed by atoms with Crippen LogP contribution in [-0.4, -0.2) is 53.7 Å². The Kier molecular flexibility index (Phi) is 5.13. The van der Waals surface area contributed by atoms with E-state index in [9.17, 15) is 31.5 Å². The molecule has 4 fully saturated rings. The van der Waals surface area contributed by atoms with Gasteiger partial charge in [0.05, 0.1) is 18.1 Å². The molecule has 1 aromatic heterocycles. The van der Waals surface area contributed by atoms with Crippen molar-refractivity contribution in [1.82, 2.24) is 15.5 Å². The summed E-state index contributed by atoms with van der Waals surface area (Å²) in [6, 6.07) is 0. The maximum absolute atomic E-state index is 13.8. The zero-order valence-electron chi connectivity index (χ0n) is 17.6. The number of rotatable bonds is 4. The summed E-state index contributed by atoms with van der Waals surface area (Å²) in [6.45, 7) is 1.08. The predicted octanol–water partition coefficient (Wildman–Crippen LogP) is 3.25. The lowest BCUT2D eigenvalue weighted by atomic mass is 9.39. The number of hydrogen-bond donors (Lipinski definition) is 1. The Balaban J connectivity index is 1.63. The number of ether oxygens (including phenoxy) is 1. The molecule has 0 spiro atoms. The summed E-state index contributed by atoms with van der Waals surface area (Å²) < 4.78 is 72.7. The van der Waals surface area contributed by atoms with E-state index in [2.05, 4.69) is 15.5 Å². The summed E-state index contributed by atoms with van der Waals surface area (Å²) in [5, 5.41) is 9.69. The Hall–Kier alpha value is -2.53. The van der Waals surface area contributed by atoms with Crippen molar-refractivity contribution >= 4 is 17.7 Å². The van der Waals surface area contributed by atoms with Gasteiger partial charge in [-0.3, -0.25) is 9.59 Å². The van der Waals surface area contributed by atoms with Gasteiger partial charge < -0.3 is 15.0 Å². The van der Waals surface area contributed by atoms with Gasteiger partial charge in [-0.2, -0.15) is 13.2 Å². The quantitative estimate of drug-likeness (QED) is 0.546. The summed E-state index contributed by atoms with van der Waals surface area (Å²) in [4.78, 5) is 26.4. The van der Waals surface area contributed by atoms with Gasteiger partial charge in [0.15, 0.2) is 11.5 Å². The fraction of sp³-hybridized carbons (Fsp3) is 0.700. The van der Waals surface area contributed by atoms with Gasteiger partial charge >= 0.3 is 12.1 Å². The number of nitrogens with zero attached hydrogens (tertiary/aromatic N) is 3. The Labute approximate surface area is 180 Å². The van der Waals surface area contributed by atoms with Crippen molar-refractivity contribution in [3.8, 4) is 0 Å². The molecule has 3 aliphatic carbocycles. The molecule has 1 aliphatic heterocycles. The van der Waals surface area contributed by atoms with Crippen LogP contribution in [0.5, 0.6) is 0 Å². The van der Waals surface area contributed by atoms with E-state index in [1.807, 2.05) is 0 Å². The van der Waals surface area contributed by atoms with Crippen molar-refractivity contribution in [3.63, 3.8) is 0 Å². The van der Waals surface area contributed by atoms with Crippen LogP contribution in [-0.2, 0) is 15.7 Å². The number of esters is 1. The number of halogens is 5. The normalized spacial score (nSPS) is 28.8. The van der Waals surface area contributed by atoms with Crippen LogP contribution in [0.25, 0.3) is 0 Å². The van der Waals surface area contributed by atoms with Gasteiger partial charge in [0, 0.05) is 31.5 Å². The van der Waals surface area contributed by atoms with Crippen LogP contribution in [0, 0.1) is 12.3 Å². The van der Waals surface area contributed by atoms with Gasteiger partial charge in [0.2, 0.25) is 5.92 Å². The van der Waals surface area contributed by atoms with Crippen LogP contribution < -0.4 is 10.2 Å². The first kappa shape index (κ1) is 22.7. The topological polar surface area (TPSA) is 84.4 Å². The minimum absolute atomic E-state index is 0.0986. The molecule has 1 N–H and O–H groups in total. The minimum Gasteiger partial charge on any atom is -0.469 e. The first-order chi connectivity index (χ1) is 14.8. The molecule has 2 heterocycles. The SMILES string of the molecule is COC(=O)C12CC(NC(=O)c3c(N4CCCC(F)(F)CC4)nnc(C(F)(F)F)c3C)(C1)C2. The summed E-state index contributed by atoms with van der Waals surface area (Å²) in [6.07, 6.45) is -4.56. The minimum atomic E-state index is -4.83. The molecule has 1 aromatic rings. The number of amides is 1. The molecule has 12 heteroatoms.